The van der Waals surface area contributed by atoms with Crippen LogP contribution in [0, 0.1) is 5.92 Å². The van der Waals surface area contributed by atoms with Gasteiger partial charge in [0.1, 0.15) is 0 Å². The highest BCUT2D eigenvalue weighted by Gasteiger charge is 2.39. The standard InChI is InChI=1S/C21H43IO3/c1-5-6-7-8-11-14-17-20(21(23-2,24-3)25-4)18-15-12-9-10-13-16-19-22/h20H,5-19H2,1-4H3. The molecule has 1 atom stereocenters. The minimum Gasteiger partial charge on any atom is -0.331 e. The molecule has 0 saturated heterocycles. The molecule has 0 fully saturated rings. The summed E-state index contributed by atoms with van der Waals surface area (Å²) in [7, 11) is 5.10. The summed E-state index contributed by atoms with van der Waals surface area (Å²) in [6.07, 6.45) is 18.2. The fourth-order valence-electron chi connectivity index (χ4n) is 3.61. The van der Waals surface area contributed by atoms with E-state index < -0.39 is 5.97 Å². The van der Waals surface area contributed by atoms with Crippen molar-refractivity contribution < 1.29 is 14.2 Å². The predicted octanol–water partition coefficient (Wildman–Crippen LogP) is 7.11. The Bertz CT molecular complexity index is 262. The van der Waals surface area contributed by atoms with Crippen molar-refractivity contribution in [3.8, 4) is 0 Å². The van der Waals surface area contributed by atoms with Crippen molar-refractivity contribution in [2.45, 2.75) is 103 Å². The molecule has 0 bridgehead atoms. The Kier molecular flexibility index (Phi) is 18.4. The van der Waals surface area contributed by atoms with E-state index >= 15 is 0 Å². The predicted molar refractivity (Wildman–Crippen MR) is 116 cm³/mol. The van der Waals surface area contributed by atoms with Crippen molar-refractivity contribution in [1.29, 1.82) is 0 Å². The van der Waals surface area contributed by atoms with Crippen molar-refractivity contribution in [1.82, 2.24) is 0 Å². The van der Waals surface area contributed by atoms with Crippen LogP contribution in [0.1, 0.15) is 96.8 Å². The minimum absolute atomic E-state index is 0.313. The highest BCUT2D eigenvalue weighted by molar-refractivity contribution is 14.1. The van der Waals surface area contributed by atoms with Crippen LogP contribution in [0.5, 0.6) is 0 Å². The summed E-state index contributed by atoms with van der Waals surface area (Å²) in [6, 6.07) is 0. The Labute approximate surface area is 171 Å². The maximum Gasteiger partial charge on any atom is 0.285 e. The quantitative estimate of drug-likeness (QED) is 0.0871. The van der Waals surface area contributed by atoms with E-state index in [9.17, 15) is 0 Å². The van der Waals surface area contributed by atoms with E-state index in [0.717, 1.165) is 12.8 Å². The molecule has 0 heterocycles. The fraction of sp³-hybridized carbons (Fsp3) is 1.00. The van der Waals surface area contributed by atoms with Gasteiger partial charge in [0.2, 0.25) is 0 Å². The van der Waals surface area contributed by atoms with E-state index in [4.69, 9.17) is 14.2 Å². The van der Waals surface area contributed by atoms with Crippen LogP contribution >= 0.6 is 22.6 Å². The van der Waals surface area contributed by atoms with E-state index in [-0.39, 0.29) is 0 Å². The lowest BCUT2D eigenvalue weighted by molar-refractivity contribution is -0.380. The number of rotatable bonds is 19. The maximum absolute atomic E-state index is 5.66. The first-order chi connectivity index (χ1) is 12.2. The first kappa shape index (κ1) is 25.6. The SMILES string of the molecule is CCCCCCCCC(CCCCCCCCI)C(OC)(OC)OC. The van der Waals surface area contributed by atoms with Gasteiger partial charge >= 0.3 is 0 Å². The lowest BCUT2D eigenvalue weighted by Gasteiger charge is -2.36. The molecule has 1 unspecified atom stereocenters. The number of methoxy groups -OCH3 is 3. The molecule has 0 aliphatic rings. The summed E-state index contributed by atoms with van der Waals surface area (Å²) in [4.78, 5) is 0. The van der Waals surface area contributed by atoms with Crippen LogP contribution in [0.25, 0.3) is 0 Å². The summed E-state index contributed by atoms with van der Waals surface area (Å²) >= 11 is 2.47. The number of halogens is 1. The molecular weight excluding hydrogens is 427 g/mol. The van der Waals surface area contributed by atoms with Crippen LogP contribution in [0.2, 0.25) is 0 Å². The average Bonchev–Trinajstić information content (AvgIpc) is 2.64. The maximum atomic E-state index is 5.66. The van der Waals surface area contributed by atoms with E-state index in [0.29, 0.717) is 5.92 Å². The Balaban J connectivity index is 4.24. The molecule has 0 aliphatic carbocycles. The van der Waals surface area contributed by atoms with Gasteiger partial charge in [-0.1, -0.05) is 100 Å². The van der Waals surface area contributed by atoms with Crippen LogP contribution in [-0.2, 0) is 14.2 Å². The second-order valence-electron chi connectivity index (χ2n) is 7.07. The number of hydrogen-bond donors (Lipinski definition) is 0. The molecule has 25 heavy (non-hydrogen) atoms. The summed E-state index contributed by atoms with van der Waals surface area (Å²) in [5.41, 5.74) is 0. The van der Waals surface area contributed by atoms with Gasteiger partial charge in [-0.05, 0) is 23.7 Å². The Morgan fingerprint density at radius 3 is 1.44 bits per heavy atom. The van der Waals surface area contributed by atoms with Gasteiger partial charge in [-0.25, -0.2) is 0 Å². The average molecular weight is 470 g/mol. The molecule has 0 aromatic heterocycles. The minimum atomic E-state index is -0.870. The number of hydrogen-bond acceptors (Lipinski definition) is 3. The van der Waals surface area contributed by atoms with E-state index in [2.05, 4.69) is 29.5 Å². The van der Waals surface area contributed by atoms with Crippen LogP contribution in [0.15, 0.2) is 0 Å². The third-order valence-electron chi connectivity index (χ3n) is 5.20. The molecule has 0 N–H and O–H groups in total. The van der Waals surface area contributed by atoms with Crippen LogP contribution in [-0.4, -0.2) is 31.7 Å². The van der Waals surface area contributed by atoms with Gasteiger partial charge in [-0.3, -0.25) is 0 Å². The lowest BCUT2D eigenvalue weighted by atomic mass is 9.91. The van der Waals surface area contributed by atoms with Gasteiger partial charge in [-0.15, -0.1) is 0 Å². The van der Waals surface area contributed by atoms with Gasteiger partial charge in [-0.2, -0.15) is 0 Å². The van der Waals surface area contributed by atoms with Crippen molar-refractivity contribution in [3.05, 3.63) is 0 Å². The first-order valence-corrected chi connectivity index (χ1v) is 11.9. The van der Waals surface area contributed by atoms with Gasteiger partial charge in [0, 0.05) is 27.2 Å². The summed E-state index contributed by atoms with van der Waals surface area (Å²) in [5.74, 6) is -0.557. The molecule has 0 aliphatic heterocycles. The topological polar surface area (TPSA) is 27.7 Å². The second-order valence-corrected chi connectivity index (χ2v) is 8.15. The smallest absolute Gasteiger partial charge is 0.285 e. The Hall–Kier alpha value is 0.610. The molecule has 0 amide bonds. The summed E-state index contributed by atoms with van der Waals surface area (Å²) < 4.78 is 18.3. The molecule has 3 nitrogen and oxygen atoms in total. The summed E-state index contributed by atoms with van der Waals surface area (Å²) in [5, 5.41) is 0. The van der Waals surface area contributed by atoms with Gasteiger partial charge in [0.15, 0.2) is 0 Å². The lowest BCUT2D eigenvalue weighted by Crippen LogP contribution is -2.44. The second kappa shape index (κ2) is 18.0. The molecule has 0 rings (SSSR count). The van der Waals surface area contributed by atoms with Crippen molar-refractivity contribution in [2.24, 2.45) is 5.92 Å². The molecule has 0 aromatic carbocycles. The molecular formula is C21H43IO3. The van der Waals surface area contributed by atoms with Crippen molar-refractivity contribution in [3.63, 3.8) is 0 Å². The molecule has 0 spiro atoms. The van der Waals surface area contributed by atoms with Gasteiger partial charge < -0.3 is 14.2 Å². The molecule has 152 valence electrons. The fourth-order valence-corrected chi connectivity index (χ4v) is 4.15. The number of ether oxygens (including phenoxy) is 3. The third kappa shape index (κ3) is 11.8. The van der Waals surface area contributed by atoms with Gasteiger partial charge in [0.25, 0.3) is 5.97 Å². The van der Waals surface area contributed by atoms with E-state index in [1.807, 2.05) is 0 Å². The van der Waals surface area contributed by atoms with Crippen molar-refractivity contribution >= 4 is 22.6 Å². The highest BCUT2D eigenvalue weighted by atomic mass is 127. The van der Waals surface area contributed by atoms with Crippen LogP contribution < -0.4 is 0 Å². The van der Waals surface area contributed by atoms with Gasteiger partial charge in [0.05, 0.1) is 0 Å². The normalized spacial score (nSPS) is 13.3. The highest BCUT2D eigenvalue weighted by Crippen LogP contribution is 2.33. The molecule has 0 saturated carbocycles. The van der Waals surface area contributed by atoms with E-state index in [1.165, 1.54) is 81.5 Å². The first-order valence-electron chi connectivity index (χ1n) is 10.4. The van der Waals surface area contributed by atoms with Crippen LogP contribution in [0.4, 0.5) is 0 Å². The van der Waals surface area contributed by atoms with Crippen molar-refractivity contribution in [2.75, 3.05) is 25.8 Å². The zero-order valence-corrected chi connectivity index (χ0v) is 19.4. The zero-order valence-electron chi connectivity index (χ0n) is 17.3. The number of unbranched alkanes of at least 4 members (excludes halogenated alkanes) is 10. The van der Waals surface area contributed by atoms with E-state index in [1.54, 1.807) is 21.3 Å². The third-order valence-corrected chi connectivity index (χ3v) is 5.96. The molecule has 0 radical (unpaired) electrons. The zero-order chi connectivity index (χ0) is 18.8. The monoisotopic (exact) mass is 470 g/mol. The Morgan fingerprint density at radius 1 is 0.640 bits per heavy atom. The van der Waals surface area contributed by atoms with Crippen LogP contribution in [0.3, 0.4) is 0 Å². The Morgan fingerprint density at radius 2 is 1.04 bits per heavy atom. The summed E-state index contributed by atoms with van der Waals surface area (Å²) in [6.45, 7) is 2.27. The molecule has 4 heteroatoms. The number of alkyl halides is 1. The largest absolute Gasteiger partial charge is 0.331 e. The molecule has 0 aromatic rings.